The fourth-order valence-electron chi connectivity index (χ4n) is 1.78. The second kappa shape index (κ2) is 14.6. The number of benzene rings is 1. The molecule has 174 valence electrons. The van der Waals surface area contributed by atoms with Crippen LogP contribution in [0.25, 0.3) is 0 Å². The molecule has 2 rings (SSSR count). The van der Waals surface area contributed by atoms with Crippen LogP contribution in [-0.4, -0.2) is 72.8 Å². The predicted octanol–water partition coefficient (Wildman–Crippen LogP) is 0.461. The van der Waals surface area contributed by atoms with Crippen LogP contribution in [0.1, 0.15) is 18.4 Å². The number of carbonyl (C=O) groups is 4. The van der Waals surface area contributed by atoms with Crippen molar-refractivity contribution in [3.05, 3.63) is 35.9 Å². The van der Waals surface area contributed by atoms with E-state index in [0.29, 0.717) is 19.4 Å². The monoisotopic (exact) mass is 464 g/mol. The standard InChI is InChI=1S/C13H15NO6.C3H5NO2.CH4O3S/c15-11(16)7-6-10(12(17)18)14-13(19)20-8-9-4-2-1-3-5-9;5-3-4-1-2-6-3;1-5(2,3)4/h1-5,10H,6-8H2,(H,14,19)(H,15,16)(H,17,18);1-2H2,(H,4,5);1H3,(H,2,3,4)/t10-;;/m0../s1. The third-order valence-electron chi connectivity index (χ3n) is 3.05. The van der Waals surface area contributed by atoms with E-state index in [1.165, 1.54) is 0 Å². The van der Waals surface area contributed by atoms with E-state index in [2.05, 4.69) is 15.4 Å². The lowest BCUT2D eigenvalue weighted by Gasteiger charge is -2.13. The van der Waals surface area contributed by atoms with Crippen molar-refractivity contribution in [3.8, 4) is 0 Å². The van der Waals surface area contributed by atoms with Gasteiger partial charge >= 0.3 is 24.1 Å². The van der Waals surface area contributed by atoms with Crippen LogP contribution >= 0.6 is 0 Å². The third-order valence-corrected chi connectivity index (χ3v) is 3.05. The molecule has 1 heterocycles. The Hall–Kier alpha value is -3.39. The zero-order chi connectivity index (χ0) is 23.9. The minimum Gasteiger partial charge on any atom is -0.481 e. The van der Waals surface area contributed by atoms with Crippen molar-refractivity contribution in [1.29, 1.82) is 0 Å². The number of carboxylic acid groups (broad SMARTS) is 2. The molecule has 1 saturated heterocycles. The molecule has 0 unspecified atom stereocenters. The number of hydrogen-bond donors (Lipinski definition) is 5. The summed E-state index contributed by atoms with van der Waals surface area (Å²) >= 11 is 0. The molecule has 5 N–H and O–H groups in total. The van der Waals surface area contributed by atoms with Gasteiger partial charge in [0.2, 0.25) is 0 Å². The fourth-order valence-corrected chi connectivity index (χ4v) is 1.78. The Morgan fingerprint density at radius 2 is 1.81 bits per heavy atom. The highest BCUT2D eigenvalue weighted by molar-refractivity contribution is 7.85. The van der Waals surface area contributed by atoms with Gasteiger partial charge in [-0.25, -0.2) is 14.4 Å². The number of hydrogen-bond acceptors (Lipinski definition) is 8. The average Bonchev–Trinajstić information content (AvgIpc) is 3.14. The molecule has 1 aliphatic heterocycles. The lowest BCUT2D eigenvalue weighted by atomic mass is 10.1. The summed E-state index contributed by atoms with van der Waals surface area (Å²) in [5, 5.41) is 21.9. The summed E-state index contributed by atoms with van der Waals surface area (Å²) in [6.07, 6.45) is -1.03. The van der Waals surface area contributed by atoms with Crippen LogP contribution < -0.4 is 10.6 Å². The Kier molecular flexibility index (Phi) is 13.0. The molecule has 1 fully saturated rings. The average molecular weight is 464 g/mol. The second-order valence-electron chi connectivity index (χ2n) is 5.83. The highest BCUT2D eigenvalue weighted by Gasteiger charge is 2.21. The highest BCUT2D eigenvalue weighted by Crippen LogP contribution is 2.02. The zero-order valence-electron chi connectivity index (χ0n) is 16.5. The molecule has 0 radical (unpaired) electrons. The van der Waals surface area contributed by atoms with E-state index in [1.807, 2.05) is 6.07 Å². The number of carboxylic acids is 2. The summed E-state index contributed by atoms with van der Waals surface area (Å²) in [7, 11) is -3.67. The number of rotatable bonds is 7. The van der Waals surface area contributed by atoms with E-state index < -0.39 is 34.2 Å². The molecule has 0 saturated carbocycles. The third kappa shape index (κ3) is 18.4. The minimum atomic E-state index is -3.67. The second-order valence-corrected chi connectivity index (χ2v) is 7.29. The largest absolute Gasteiger partial charge is 0.481 e. The molecule has 0 spiro atoms. The maximum Gasteiger partial charge on any atom is 0.408 e. The number of ether oxygens (including phenoxy) is 2. The number of nitrogens with one attached hydrogen (secondary N) is 2. The number of carbonyl (C=O) groups excluding carboxylic acids is 2. The molecule has 1 atom stereocenters. The van der Waals surface area contributed by atoms with E-state index in [1.54, 1.807) is 24.3 Å². The van der Waals surface area contributed by atoms with Gasteiger partial charge in [0, 0.05) is 6.42 Å². The summed E-state index contributed by atoms with van der Waals surface area (Å²) in [5.74, 6) is -2.43. The van der Waals surface area contributed by atoms with Crippen LogP contribution in [0.15, 0.2) is 30.3 Å². The Bertz CT molecular complexity index is 812. The SMILES string of the molecule is CS(=O)(=O)O.O=C(O)CC[C@H](NC(=O)OCc1ccccc1)C(=O)O.O=C1NCCO1. The van der Waals surface area contributed by atoms with E-state index in [-0.39, 0.29) is 25.5 Å². The lowest BCUT2D eigenvalue weighted by Crippen LogP contribution is -2.41. The van der Waals surface area contributed by atoms with Crippen LogP contribution in [0.5, 0.6) is 0 Å². The van der Waals surface area contributed by atoms with E-state index >= 15 is 0 Å². The van der Waals surface area contributed by atoms with Gasteiger partial charge < -0.3 is 30.3 Å². The Morgan fingerprint density at radius 1 is 1.23 bits per heavy atom. The number of alkyl carbamates (subject to hydrolysis) is 2. The number of amides is 2. The predicted molar refractivity (Wildman–Crippen MR) is 105 cm³/mol. The van der Waals surface area contributed by atoms with Crippen LogP contribution in [0.4, 0.5) is 9.59 Å². The van der Waals surface area contributed by atoms with Crippen LogP contribution in [0.2, 0.25) is 0 Å². The topological polar surface area (TPSA) is 206 Å². The maximum absolute atomic E-state index is 11.4. The Morgan fingerprint density at radius 3 is 2.19 bits per heavy atom. The summed E-state index contributed by atoms with van der Waals surface area (Å²) in [5.41, 5.74) is 0.764. The van der Waals surface area contributed by atoms with E-state index in [0.717, 1.165) is 5.56 Å². The summed E-state index contributed by atoms with van der Waals surface area (Å²) < 4.78 is 35.1. The van der Waals surface area contributed by atoms with Gasteiger partial charge in [-0.15, -0.1) is 0 Å². The molecular weight excluding hydrogens is 440 g/mol. The molecule has 1 aliphatic rings. The Balaban J connectivity index is 0.000000664. The molecule has 31 heavy (non-hydrogen) atoms. The van der Waals surface area contributed by atoms with Gasteiger partial charge in [0.05, 0.1) is 12.8 Å². The number of aliphatic carboxylic acids is 2. The van der Waals surface area contributed by atoms with Crippen molar-refractivity contribution in [1.82, 2.24) is 10.6 Å². The fraction of sp³-hybridized carbons (Fsp3) is 0.412. The van der Waals surface area contributed by atoms with E-state index in [4.69, 9.17) is 19.5 Å². The molecule has 13 nitrogen and oxygen atoms in total. The highest BCUT2D eigenvalue weighted by atomic mass is 32.2. The van der Waals surface area contributed by atoms with E-state index in [9.17, 15) is 27.6 Å². The van der Waals surface area contributed by atoms with Gasteiger partial charge in [0.1, 0.15) is 19.3 Å². The van der Waals surface area contributed by atoms with Gasteiger partial charge in [-0.05, 0) is 12.0 Å². The molecule has 0 aromatic heterocycles. The molecular formula is C17H24N2O11S. The first-order valence-electron chi connectivity index (χ1n) is 8.63. The molecule has 2 amide bonds. The van der Waals surface area contributed by atoms with Gasteiger partial charge in [-0.2, -0.15) is 8.42 Å². The smallest absolute Gasteiger partial charge is 0.408 e. The van der Waals surface area contributed by atoms with Crippen molar-refractivity contribution >= 4 is 34.2 Å². The maximum atomic E-state index is 11.4. The van der Waals surface area contributed by atoms with Gasteiger partial charge in [0.15, 0.2) is 0 Å². The molecule has 0 aliphatic carbocycles. The van der Waals surface area contributed by atoms with Gasteiger partial charge in [-0.1, -0.05) is 30.3 Å². The summed E-state index contributed by atoms with van der Waals surface area (Å²) in [6, 6.07) is 7.61. The first-order valence-corrected chi connectivity index (χ1v) is 10.5. The van der Waals surface area contributed by atoms with Crippen molar-refractivity contribution < 1.29 is 51.8 Å². The molecule has 1 aromatic carbocycles. The molecule has 0 bridgehead atoms. The summed E-state index contributed by atoms with van der Waals surface area (Å²) in [4.78, 5) is 42.6. The van der Waals surface area contributed by atoms with Gasteiger partial charge in [-0.3, -0.25) is 9.35 Å². The lowest BCUT2D eigenvalue weighted by molar-refractivity contribution is -0.140. The Labute approximate surface area is 178 Å². The van der Waals surface area contributed by atoms with Crippen LogP contribution in [0, 0.1) is 0 Å². The molecule has 1 aromatic rings. The number of cyclic esters (lactones) is 1. The summed E-state index contributed by atoms with van der Waals surface area (Å²) in [6.45, 7) is 1.20. The first-order chi connectivity index (χ1) is 14.4. The zero-order valence-corrected chi connectivity index (χ0v) is 17.3. The molecule has 14 heteroatoms. The van der Waals surface area contributed by atoms with Crippen LogP contribution in [-0.2, 0) is 35.8 Å². The van der Waals surface area contributed by atoms with Crippen molar-refractivity contribution in [2.45, 2.75) is 25.5 Å². The minimum absolute atomic E-state index is 0.0118. The quantitative estimate of drug-likeness (QED) is 0.350. The first kappa shape index (κ1) is 27.6. The van der Waals surface area contributed by atoms with Gasteiger partial charge in [0.25, 0.3) is 10.1 Å². The van der Waals surface area contributed by atoms with Crippen molar-refractivity contribution in [2.24, 2.45) is 0 Å². The normalized spacial score (nSPS) is 13.0. The van der Waals surface area contributed by atoms with Crippen molar-refractivity contribution in [3.63, 3.8) is 0 Å². The van der Waals surface area contributed by atoms with Crippen molar-refractivity contribution in [2.75, 3.05) is 19.4 Å². The van der Waals surface area contributed by atoms with Crippen LogP contribution in [0.3, 0.4) is 0 Å².